The van der Waals surface area contributed by atoms with E-state index < -0.39 is 0 Å². The average Bonchev–Trinajstić information content (AvgIpc) is 2.94. The first-order valence-corrected chi connectivity index (χ1v) is 5.93. The van der Waals surface area contributed by atoms with Gasteiger partial charge in [0.25, 0.3) is 0 Å². The van der Waals surface area contributed by atoms with Crippen molar-refractivity contribution in [3.8, 4) is 0 Å². The van der Waals surface area contributed by atoms with Crippen LogP contribution in [0.5, 0.6) is 0 Å². The van der Waals surface area contributed by atoms with Crippen molar-refractivity contribution in [1.29, 1.82) is 0 Å². The van der Waals surface area contributed by atoms with Crippen molar-refractivity contribution in [3.63, 3.8) is 0 Å². The van der Waals surface area contributed by atoms with Gasteiger partial charge < -0.3 is 10.3 Å². The highest BCUT2D eigenvalue weighted by atomic mass is 15.2. The summed E-state index contributed by atoms with van der Waals surface area (Å²) in [5, 5.41) is 4.16. The molecular weight excluding hydrogens is 214 g/mol. The molecule has 5 heteroatoms. The van der Waals surface area contributed by atoms with Crippen LogP contribution in [0.25, 0.3) is 0 Å². The number of aromatic nitrogens is 4. The molecule has 0 saturated heterocycles. The van der Waals surface area contributed by atoms with Crippen molar-refractivity contribution in [2.24, 2.45) is 12.8 Å². The summed E-state index contributed by atoms with van der Waals surface area (Å²) in [4.78, 5) is 4.17. The Morgan fingerprint density at radius 1 is 1.41 bits per heavy atom. The third-order valence-electron chi connectivity index (χ3n) is 2.96. The van der Waals surface area contributed by atoms with Crippen LogP contribution in [-0.2, 0) is 20.0 Å². The molecule has 5 nitrogen and oxygen atoms in total. The van der Waals surface area contributed by atoms with E-state index in [0.29, 0.717) is 0 Å². The van der Waals surface area contributed by atoms with Crippen molar-refractivity contribution >= 4 is 0 Å². The van der Waals surface area contributed by atoms with Crippen molar-refractivity contribution in [2.45, 2.75) is 32.4 Å². The van der Waals surface area contributed by atoms with Gasteiger partial charge in [-0.3, -0.25) is 4.68 Å². The average molecular weight is 233 g/mol. The largest absolute Gasteiger partial charge is 0.333 e. The molecule has 0 aliphatic heterocycles. The van der Waals surface area contributed by atoms with E-state index in [9.17, 15) is 0 Å². The van der Waals surface area contributed by atoms with Crippen LogP contribution in [0.1, 0.15) is 30.6 Å². The fourth-order valence-corrected chi connectivity index (χ4v) is 1.89. The maximum absolute atomic E-state index is 6.04. The van der Waals surface area contributed by atoms with Crippen LogP contribution in [0, 0.1) is 0 Å². The fraction of sp³-hybridized carbons (Fsp3) is 0.500. The molecule has 0 amide bonds. The van der Waals surface area contributed by atoms with E-state index in [0.717, 1.165) is 25.1 Å². The van der Waals surface area contributed by atoms with Crippen LogP contribution in [0.4, 0.5) is 0 Å². The summed E-state index contributed by atoms with van der Waals surface area (Å²) in [6.07, 6.45) is 9.53. The minimum absolute atomic E-state index is 0.0754. The predicted octanol–water partition coefficient (Wildman–Crippen LogP) is 1.27. The Morgan fingerprint density at radius 2 is 2.24 bits per heavy atom. The number of hydrogen-bond donors (Lipinski definition) is 1. The summed E-state index contributed by atoms with van der Waals surface area (Å²) in [6.45, 7) is 2.98. The molecule has 0 aliphatic rings. The second kappa shape index (κ2) is 5.14. The lowest BCUT2D eigenvalue weighted by Crippen LogP contribution is -2.15. The molecule has 0 saturated carbocycles. The lowest BCUT2D eigenvalue weighted by Gasteiger charge is -2.12. The molecule has 17 heavy (non-hydrogen) atoms. The fourth-order valence-electron chi connectivity index (χ4n) is 1.89. The number of rotatable bonds is 5. The molecule has 0 fully saturated rings. The smallest absolute Gasteiger partial charge is 0.0948 e. The number of nitrogens with zero attached hydrogens (tertiary/aromatic N) is 4. The third kappa shape index (κ3) is 2.74. The van der Waals surface area contributed by atoms with Crippen LogP contribution < -0.4 is 5.73 Å². The topological polar surface area (TPSA) is 61.7 Å². The van der Waals surface area contributed by atoms with E-state index in [1.54, 1.807) is 0 Å². The van der Waals surface area contributed by atoms with Gasteiger partial charge in [0.1, 0.15) is 0 Å². The third-order valence-corrected chi connectivity index (χ3v) is 2.96. The molecule has 2 aromatic rings. The highest BCUT2D eigenvalue weighted by Crippen LogP contribution is 2.13. The molecular formula is C12H19N5. The second-order valence-corrected chi connectivity index (χ2v) is 4.30. The molecule has 0 spiro atoms. The van der Waals surface area contributed by atoms with Gasteiger partial charge in [0.05, 0.1) is 18.2 Å². The Kier molecular flexibility index (Phi) is 3.58. The van der Waals surface area contributed by atoms with Gasteiger partial charge in [0.15, 0.2) is 0 Å². The Bertz CT molecular complexity index is 471. The minimum Gasteiger partial charge on any atom is -0.333 e. The molecule has 0 bridgehead atoms. The number of imidazole rings is 1. The first-order chi connectivity index (χ1) is 8.20. The van der Waals surface area contributed by atoms with E-state index in [1.165, 1.54) is 5.56 Å². The Morgan fingerprint density at radius 3 is 2.88 bits per heavy atom. The highest BCUT2D eigenvalue weighted by molar-refractivity contribution is 5.07. The Labute approximate surface area is 101 Å². The summed E-state index contributed by atoms with van der Waals surface area (Å²) in [5.74, 6) is 0. The molecule has 2 N–H and O–H groups in total. The van der Waals surface area contributed by atoms with E-state index in [-0.39, 0.29) is 6.04 Å². The minimum atomic E-state index is 0.0754. The Balaban J connectivity index is 2.01. The van der Waals surface area contributed by atoms with Gasteiger partial charge in [-0.25, -0.2) is 4.98 Å². The molecule has 0 radical (unpaired) electrons. The molecule has 2 heterocycles. The van der Waals surface area contributed by atoms with Crippen molar-refractivity contribution in [2.75, 3.05) is 0 Å². The summed E-state index contributed by atoms with van der Waals surface area (Å²) in [7, 11) is 1.93. The lowest BCUT2D eigenvalue weighted by molar-refractivity contribution is 0.588. The molecule has 1 atom stereocenters. The van der Waals surface area contributed by atoms with Crippen molar-refractivity contribution in [3.05, 3.63) is 36.2 Å². The van der Waals surface area contributed by atoms with Gasteiger partial charge in [-0.15, -0.1) is 0 Å². The summed E-state index contributed by atoms with van der Waals surface area (Å²) in [5.41, 5.74) is 8.38. The lowest BCUT2D eigenvalue weighted by atomic mass is 10.2. The van der Waals surface area contributed by atoms with Crippen LogP contribution in [-0.4, -0.2) is 19.3 Å². The second-order valence-electron chi connectivity index (χ2n) is 4.30. The van der Waals surface area contributed by atoms with E-state index in [2.05, 4.69) is 21.6 Å². The first-order valence-electron chi connectivity index (χ1n) is 5.93. The SMILES string of the molecule is CC[C@@H](N)c1cncn1CCc1cnn(C)c1. The number of nitrogens with two attached hydrogens (primary N) is 1. The standard InChI is InChI=1S/C12H19N5/c1-3-11(13)12-7-14-9-17(12)5-4-10-6-15-16(2)8-10/h6-9,11H,3-5,13H2,1-2H3/t11-/m1/s1. The molecule has 0 aliphatic carbocycles. The van der Waals surface area contributed by atoms with Gasteiger partial charge >= 0.3 is 0 Å². The predicted molar refractivity (Wildman–Crippen MR) is 66.4 cm³/mol. The van der Waals surface area contributed by atoms with Gasteiger partial charge in [0.2, 0.25) is 0 Å². The molecule has 0 aromatic carbocycles. The zero-order chi connectivity index (χ0) is 12.3. The number of aryl methyl sites for hydroxylation is 3. The Hall–Kier alpha value is -1.62. The molecule has 2 aromatic heterocycles. The quantitative estimate of drug-likeness (QED) is 0.846. The van der Waals surface area contributed by atoms with Gasteiger partial charge in [-0.1, -0.05) is 6.92 Å². The maximum Gasteiger partial charge on any atom is 0.0948 e. The van der Waals surface area contributed by atoms with E-state index in [4.69, 9.17) is 5.73 Å². The molecule has 2 rings (SSSR count). The van der Waals surface area contributed by atoms with Crippen LogP contribution >= 0.6 is 0 Å². The normalized spacial score (nSPS) is 12.9. The van der Waals surface area contributed by atoms with Crippen molar-refractivity contribution in [1.82, 2.24) is 19.3 Å². The van der Waals surface area contributed by atoms with E-state index >= 15 is 0 Å². The van der Waals surface area contributed by atoms with Gasteiger partial charge in [-0.05, 0) is 18.4 Å². The monoisotopic (exact) mass is 233 g/mol. The highest BCUT2D eigenvalue weighted by Gasteiger charge is 2.09. The molecule has 92 valence electrons. The summed E-state index contributed by atoms with van der Waals surface area (Å²) in [6, 6.07) is 0.0754. The van der Waals surface area contributed by atoms with Crippen LogP contribution in [0.2, 0.25) is 0 Å². The zero-order valence-corrected chi connectivity index (χ0v) is 10.4. The summed E-state index contributed by atoms with van der Waals surface area (Å²) < 4.78 is 3.95. The first kappa shape index (κ1) is 11.9. The molecule has 0 unspecified atom stereocenters. The number of hydrogen-bond acceptors (Lipinski definition) is 3. The summed E-state index contributed by atoms with van der Waals surface area (Å²) >= 11 is 0. The van der Waals surface area contributed by atoms with E-state index in [1.807, 2.05) is 36.6 Å². The van der Waals surface area contributed by atoms with Crippen molar-refractivity contribution < 1.29 is 0 Å². The zero-order valence-electron chi connectivity index (χ0n) is 10.4. The van der Waals surface area contributed by atoms with Gasteiger partial charge in [0, 0.05) is 32.0 Å². The maximum atomic E-state index is 6.04. The van der Waals surface area contributed by atoms with Crippen LogP contribution in [0.15, 0.2) is 24.9 Å². The van der Waals surface area contributed by atoms with Crippen LogP contribution in [0.3, 0.4) is 0 Å². The van der Waals surface area contributed by atoms with Gasteiger partial charge in [-0.2, -0.15) is 5.10 Å².